The van der Waals surface area contributed by atoms with Crippen LogP contribution in [0, 0.1) is 0 Å². The second-order valence-corrected chi connectivity index (χ2v) is 7.04. The maximum atomic E-state index is 12.5. The Kier molecular flexibility index (Phi) is 6.84. The van der Waals surface area contributed by atoms with Crippen molar-refractivity contribution in [3.8, 4) is 0 Å². The molecule has 0 aromatic heterocycles. The molecule has 2 N–H and O–H groups in total. The molecule has 1 saturated heterocycles. The number of rotatable bonds is 5. The van der Waals surface area contributed by atoms with Gasteiger partial charge in [0, 0.05) is 37.3 Å². The molecule has 0 radical (unpaired) electrons. The number of carbonyl (C=O) groups excluding carboxylic acids is 3. The van der Waals surface area contributed by atoms with Gasteiger partial charge in [-0.3, -0.25) is 9.59 Å². The van der Waals surface area contributed by atoms with Gasteiger partial charge in [0.25, 0.3) is 5.91 Å². The summed E-state index contributed by atoms with van der Waals surface area (Å²) in [5.74, 6) is -0.378. The minimum Gasteiger partial charge on any atom is -0.445 e. The number of likely N-dealkylation sites (tertiary alicyclic amines) is 1. The summed E-state index contributed by atoms with van der Waals surface area (Å²) >= 11 is 0. The molecule has 1 aliphatic heterocycles. The summed E-state index contributed by atoms with van der Waals surface area (Å²) in [7, 11) is 0. The van der Waals surface area contributed by atoms with Gasteiger partial charge in [-0.05, 0) is 36.6 Å². The van der Waals surface area contributed by atoms with Crippen molar-refractivity contribution in [2.45, 2.75) is 32.4 Å². The molecule has 152 valence electrons. The van der Waals surface area contributed by atoms with Crippen LogP contribution in [0.5, 0.6) is 0 Å². The Morgan fingerprint density at radius 1 is 1.03 bits per heavy atom. The molecule has 3 amide bonds. The van der Waals surface area contributed by atoms with E-state index in [0.29, 0.717) is 37.2 Å². The molecule has 0 aliphatic carbocycles. The lowest BCUT2D eigenvalue weighted by Crippen LogP contribution is -2.46. The fourth-order valence-electron chi connectivity index (χ4n) is 3.23. The molecule has 1 fully saturated rings. The number of nitrogens with zero attached hydrogens (tertiary/aromatic N) is 1. The fraction of sp³-hybridized carbons (Fsp3) is 0.318. The van der Waals surface area contributed by atoms with Crippen LogP contribution in [-0.4, -0.2) is 41.9 Å². The van der Waals surface area contributed by atoms with Gasteiger partial charge >= 0.3 is 6.09 Å². The minimum atomic E-state index is -0.332. The molecule has 0 unspecified atom stereocenters. The summed E-state index contributed by atoms with van der Waals surface area (Å²) in [6.45, 7) is 2.74. The van der Waals surface area contributed by atoms with Crippen LogP contribution in [0.15, 0.2) is 54.6 Å². The Labute approximate surface area is 170 Å². The van der Waals surface area contributed by atoms with E-state index in [-0.39, 0.29) is 30.6 Å². The van der Waals surface area contributed by atoms with Crippen molar-refractivity contribution in [1.29, 1.82) is 0 Å². The van der Waals surface area contributed by atoms with Crippen LogP contribution in [0.2, 0.25) is 0 Å². The third-order valence-electron chi connectivity index (χ3n) is 4.74. The first-order valence-electron chi connectivity index (χ1n) is 9.65. The highest BCUT2D eigenvalue weighted by molar-refractivity contribution is 5.96. The van der Waals surface area contributed by atoms with Crippen molar-refractivity contribution in [3.05, 3.63) is 65.7 Å². The first-order chi connectivity index (χ1) is 14.0. The van der Waals surface area contributed by atoms with E-state index in [1.807, 2.05) is 30.3 Å². The van der Waals surface area contributed by atoms with Gasteiger partial charge in [0.05, 0.1) is 0 Å². The van der Waals surface area contributed by atoms with Crippen molar-refractivity contribution < 1.29 is 19.1 Å². The standard InChI is InChI=1S/C22H25N3O4/c1-16(26)23-20-9-5-8-18(14-20)21(27)24-19-10-12-25(13-11-19)22(28)29-15-17-6-3-2-4-7-17/h2-9,14,19H,10-13,15H2,1H3,(H,23,26)(H,24,27). The van der Waals surface area contributed by atoms with E-state index in [9.17, 15) is 14.4 Å². The van der Waals surface area contributed by atoms with E-state index in [2.05, 4.69) is 10.6 Å². The SMILES string of the molecule is CC(=O)Nc1cccc(C(=O)NC2CCN(C(=O)OCc3ccccc3)CC2)c1. The summed E-state index contributed by atoms with van der Waals surface area (Å²) in [4.78, 5) is 37.6. The molecule has 0 saturated carbocycles. The van der Waals surface area contributed by atoms with Crippen LogP contribution in [-0.2, 0) is 16.1 Å². The van der Waals surface area contributed by atoms with Crippen molar-refractivity contribution >= 4 is 23.6 Å². The highest BCUT2D eigenvalue weighted by Gasteiger charge is 2.25. The molecule has 2 aromatic rings. The quantitative estimate of drug-likeness (QED) is 0.814. The zero-order valence-electron chi connectivity index (χ0n) is 16.4. The second-order valence-electron chi connectivity index (χ2n) is 7.04. The molecule has 29 heavy (non-hydrogen) atoms. The van der Waals surface area contributed by atoms with Crippen molar-refractivity contribution in [2.24, 2.45) is 0 Å². The predicted octanol–water partition coefficient (Wildman–Crippen LogP) is 3.18. The van der Waals surface area contributed by atoms with Gasteiger partial charge in [0.1, 0.15) is 6.61 Å². The van der Waals surface area contributed by atoms with Crippen molar-refractivity contribution in [3.63, 3.8) is 0 Å². The van der Waals surface area contributed by atoms with Crippen molar-refractivity contribution in [1.82, 2.24) is 10.2 Å². The Morgan fingerprint density at radius 3 is 2.45 bits per heavy atom. The molecule has 1 aliphatic rings. The number of amides is 3. The molecule has 1 heterocycles. The van der Waals surface area contributed by atoms with Crippen LogP contribution >= 0.6 is 0 Å². The lowest BCUT2D eigenvalue weighted by molar-refractivity contribution is -0.114. The van der Waals surface area contributed by atoms with E-state index < -0.39 is 0 Å². The van der Waals surface area contributed by atoms with E-state index in [4.69, 9.17) is 4.74 Å². The maximum Gasteiger partial charge on any atom is 0.410 e. The second kappa shape index (κ2) is 9.73. The Balaban J connectivity index is 1.45. The largest absolute Gasteiger partial charge is 0.445 e. The van der Waals surface area contributed by atoms with E-state index in [1.165, 1.54) is 6.92 Å². The van der Waals surface area contributed by atoms with Crippen LogP contribution in [0.1, 0.15) is 35.7 Å². The average Bonchev–Trinajstić information content (AvgIpc) is 2.73. The number of hydrogen-bond acceptors (Lipinski definition) is 4. The number of benzene rings is 2. The molecule has 3 rings (SSSR count). The van der Waals surface area contributed by atoms with Crippen LogP contribution in [0.4, 0.5) is 10.5 Å². The Bertz CT molecular complexity index is 861. The molecule has 0 bridgehead atoms. The number of anilines is 1. The summed E-state index contributed by atoms with van der Waals surface area (Å²) in [6, 6.07) is 16.4. The van der Waals surface area contributed by atoms with Gasteiger partial charge in [0.2, 0.25) is 5.91 Å². The smallest absolute Gasteiger partial charge is 0.410 e. The lowest BCUT2D eigenvalue weighted by Gasteiger charge is -2.31. The van der Waals surface area contributed by atoms with Crippen molar-refractivity contribution in [2.75, 3.05) is 18.4 Å². The van der Waals surface area contributed by atoms with E-state index in [0.717, 1.165) is 5.56 Å². The van der Waals surface area contributed by atoms with Gasteiger partial charge in [-0.25, -0.2) is 4.79 Å². The van der Waals surface area contributed by atoms with Crippen LogP contribution in [0.3, 0.4) is 0 Å². The number of hydrogen-bond donors (Lipinski definition) is 2. The molecule has 7 nitrogen and oxygen atoms in total. The molecule has 0 spiro atoms. The van der Waals surface area contributed by atoms with Gasteiger partial charge in [-0.1, -0.05) is 36.4 Å². The third kappa shape index (κ3) is 6.07. The zero-order chi connectivity index (χ0) is 20.6. The summed E-state index contributed by atoms with van der Waals surface area (Å²) in [6.07, 6.45) is 0.997. The van der Waals surface area contributed by atoms with Gasteiger partial charge in [-0.15, -0.1) is 0 Å². The monoisotopic (exact) mass is 395 g/mol. The number of piperidine rings is 1. The Hall–Kier alpha value is -3.35. The van der Waals surface area contributed by atoms with E-state index in [1.54, 1.807) is 29.2 Å². The number of carbonyl (C=O) groups is 3. The number of nitrogens with one attached hydrogen (secondary N) is 2. The fourth-order valence-corrected chi connectivity index (χ4v) is 3.23. The van der Waals surface area contributed by atoms with Gasteiger partial charge in [-0.2, -0.15) is 0 Å². The highest BCUT2D eigenvalue weighted by atomic mass is 16.6. The maximum absolute atomic E-state index is 12.5. The summed E-state index contributed by atoms with van der Waals surface area (Å²) in [5, 5.41) is 5.67. The van der Waals surface area contributed by atoms with Gasteiger partial charge in [0.15, 0.2) is 0 Å². The average molecular weight is 395 g/mol. The predicted molar refractivity (Wildman–Crippen MR) is 109 cm³/mol. The minimum absolute atomic E-state index is 0.00917. The summed E-state index contributed by atoms with van der Waals surface area (Å²) in [5.41, 5.74) is 2.02. The first-order valence-corrected chi connectivity index (χ1v) is 9.65. The lowest BCUT2D eigenvalue weighted by atomic mass is 10.0. The topological polar surface area (TPSA) is 87.7 Å². The molecular weight excluding hydrogens is 370 g/mol. The number of ether oxygens (including phenoxy) is 1. The van der Waals surface area contributed by atoms with E-state index >= 15 is 0 Å². The zero-order valence-corrected chi connectivity index (χ0v) is 16.4. The highest BCUT2D eigenvalue weighted by Crippen LogP contribution is 2.15. The normalized spacial score (nSPS) is 14.2. The first kappa shape index (κ1) is 20.4. The van der Waals surface area contributed by atoms with Crippen LogP contribution < -0.4 is 10.6 Å². The Morgan fingerprint density at radius 2 is 1.76 bits per heavy atom. The molecule has 0 atom stereocenters. The molecule has 2 aromatic carbocycles. The molecular formula is C22H25N3O4. The van der Waals surface area contributed by atoms with Crippen LogP contribution in [0.25, 0.3) is 0 Å². The van der Waals surface area contributed by atoms with Gasteiger partial charge < -0.3 is 20.3 Å². The summed E-state index contributed by atoms with van der Waals surface area (Å²) < 4.78 is 5.36. The third-order valence-corrected chi connectivity index (χ3v) is 4.74. The molecule has 7 heteroatoms.